The van der Waals surface area contributed by atoms with E-state index in [1.807, 2.05) is 48.5 Å². The first-order valence-electron chi connectivity index (χ1n) is 9.69. The molecular weight excluding hydrogens is 338 g/mol. The van der Waals surface area contributed by atoms with Gasteiger partial charge in [-0.3, -0.25) is 14.5 Å². The molecule has 1 atom stereocenters. The van der Waals surface area contributed by atoms with Gasteiger partial charge in [0, 0.05) is 11.1 Å². The number of carbonyl (C=O) groups excluding carboxylic acids is 2. The Kier molecular flexibility index (Phi) is 4.83. The van der Waals surface area contributed by atoms with Gasteiger partial charge in [-0.1, -0.05) is 30.3 Å². The van der Waals surface area contributed by atoms with E-state index in [0.29, 0.717) is 12.1 Å². The summed E-state index contributed by atoms with van der Waals surface area (Å²) in [5.74, 6) is 1.05. The lowest BCUT2D eigenvalue weighted by molar-refractivity contribution is 0.0295. The number of Topliss-reactive ketones (excluding diaryl/α,β-unsaturated/α-hetero) is 2. The first kappa shape index (κ1) is 17.9. The highest BCUT2D eigenvalue weighted by Gasteiger charge is 2.48. The maximum absolute atomic E-state index is 13.5. The average Bonchev–Trinajstić information content (AvgIpc) is 2.72. The summed E-state index contributed by atoms with van der Waals surface area (Å²) in [7, 11) is 1.64. The molecule has 4 heteroatoms. The number of hydrogen-bond acceptors (Lipinski definition) is 4. The third-order valence-electron chi connectivity index (χ3n) is 6.09. The van der Waals surface area contributed by atoms with Gasteiger partial charge in [0.05, 0.1) is 19.2 Å². The molecule has 2 aliphatic rings. The predicted molar refractivity (Wildman–Crippen MR) is 105 cm³/mol. The third-order valence-corrected chi connectivity index (χ3v) is 6.09. The number of nitrogens with zero attached hydrogens (tertiary/aromatic N) is 1. The molecule has 1 spiro atoms. The van der Waals surface area contributed by atoms with Gasteiger partial charge in [0.15, 0.2) is 11.6 Å². The fraction of sp³-hybridized carbons (Fsp3) is 0.391. The minimum absolute atomic E-state index is 0.0882. The summed E-state index contributed by atoms with van der Waals surface area (Å²) in [6.45, 7) is 1.11. The van der Waals surface area contributed by atoms with E-state index in [1.165, 1.54) is 0 Å². The van der Waals surface area contributed by atoms with Crippen LogP contribution in [0.3, 0.4) is 0 Å². The van der Waals surface area contributed by atoms with Crippen molar-refractivity contribution in [2.45, 2.75) is 37.6 Å². The highest BCUT2D eigenvalue weighted by Crippen LogP contribution is 2.40. The number of methoxy groups -OCH3 is 1. The molecule has 4 rings (SSSR count). The molecule has 140 valence electrons. The Morgan fingerprint density at radius 1 is 1.11 bits per heavy atom. The molecule has 0 radical (unpaired) electrons. The zero-order chi connectivity index (χ0) is 18.9. The van der Waals surface area contributed by atoms with E-state index in [2.05, 4.69) is 4.90 Å². The van der Waals surface area contributed by atoms with Gasteiger partial charge < -0.3 is 4.74 Å². The van der Waals surface area contributed by atoms with Crippen LogP contribution in [0.4, 0.5) is 0 Å². The number of benzene rings is 2. The minimum atomic E-state index is -0.537. The van der Waals surface area contributed by atoms with Crippen molar-refractivity contribution in [2.24, 2.45) is 0 Å². The molecule has 1 heterocycles. The number of carbonyl (C=O) groups is 2. The average molecular weight is 363 g/mol. The van der Waals surface area contributed by atoms with Crippen LogP contribution in [-0.4, -0.2) is 42.2 Å². The van der Waals surface area contributed by atoms with Gasteiger partial charge in [-0.2, -0.15) is 0 Å². The molecule has 1 aliphatic carbocycles. The molecule has 4 nitrogen and oxygen atoms in total. The SMILES string of the molecule is COc1ccc2c(c1)CCC1(CCCCN1CC(=O)c1ccccc1)C2=O. The molecule has 0 amide bonds. The maximum atomic E-state index is 13.5. The molecule has 1 fully saturated rings. The molecule has 2 aromatic rings. The number of fused-ring (bicyclic) bond motifs is 1. The molecular formula is C23H25NO3. The van der Waals surface area contributed by atoms with Crippen molar-refractivity contribution in [2.75, 3.05) is 20.2 Å². The van der Waals surface area contributed by atoms with Crippen molar-refractivity contribution in [3.8, 4) is 5.75 Å². The van der Waals surface area contributed by atoms with Crippen LogP contribution >= 0.6 is 0 Å². The second-order valence-electron chi connectivity index (χ2n) is 7.55. The van der Waals surface area contributed by atoms with E-state index in [0.717, 1.165) is 55.5 Å². The van der Waals surface area contributed by atoms with Gasteiger partial charge in [0.2, 0.25) is 0 Å². The number of hydrogen-bond donors (Lipinski definition) is 0. The molecule has 0 N–H and O–H groups in total. The summed E-state index contributed by atoms with van der Waals surface area (Å²) >= 11 is 0. The van der Waals surface area contributed by atoms with Crippen molar-refractivity contribution in [1.29, 1.82) is 0 Å². The van der Waals surface area contributed by atoms with Crippen molar-refractivity contribution in [3.05, 3.63) is 65.2 Å². The fourth-order valence-corrected chi connectivity index (χ4v) is 4.58. The zero-order valence-electron chi connectivity index (χ0n) is 15.7. The largest absolute Gasteiger partial charge is 0.497 e. The van der Waals surface area contributed by atoms with Crippen molar-refractivity contribution in [3.63, 3.8) is 0 Å². The lowest BCUT2D eigenvalue weighted by Gasteiger charge is -2.48. The zero-order valence-corrected chi connectivity index (χ0v) is 15.7. The molecule has 1 unspecified atom stereocenters. The number of piperidine rings is 1. The number of likely N-dealkylation sites (tertiary alicyclic amines) is 1. The topological polar surface area (TPSA) is 46.6 Å². The molecule has 0 saturated carbocycles. The predicted octanol–water partition coefficient (Wildman–Crippen LogP) is 3.93. The second-order valence-corrected chi connectivity index (χ2v) is 7.55. The molecule has 1 saturated heterocycles. The highest BCUT2D eigenvalue weighted by atomic mass is 16.5. The third kappa shape index (κ3) is 3.19. The van der Waals surface area contributed by atoms with Crippen molar-refractivity contribution < 1.29 is 14.3 Å². The summed E-state index contributed by atoms with van der Waals surface area (Å²) < 4.78 is 5.31. The summed E-state index contributed by atoms with van der Waals surface area (Å²) in [5.41, 5.74) is 2.03. The Morgan fingerprint density at radius 2 is 1.93 bits per heavy atom. The van der Waals surface area contributed by atoms with Gasteiger partial charge in [-0.25, -0.2) is 0 Å². The number of ketones is 2. The number of ether oxygens (including phenoxy) is 1. The quantitative estimate of drug-likeness (QED) is 0.772. The molecule has 0 aromatic heterocycles. The van der Waals surface area contributed by atoms with E-state index < -0.39 is 5.54 Å². The van der Waals surface area contributed by atoms with Crippen LogP contribution in [0.15, 0.2) is 48.5 Å². The van der Waals surface area contributed by atoms with Gasteiger partial charge in [-0.15, -0.1) is 0 Å². The summed E-state index contributed by atoms with van der Waals surface area (Å²) in [6.07, 6.45) is 4.52. The normalized spacial score (nSPS) is 22.5. The first-order chi connectivity index (χ1) is 13.1. The molecule has 2 aromatic carbocycles. The van der Waals surface area contributed by atoms with E-state index in [4.69, 9.17) is 4.74 Å². The number of aryl methyl sites for hydroxylation is 1. The van der Waals surface area contributed by atoms with Gasteiger partial charge >= 0.3 is 0 Å². The Morgan fingerprint density at radius 3 is 2.70 bits per heavy atom. The van der Waals surface area contributed by atoms with Crippen LogP contribution in [0.25, 0.3) is 0 Å². The molecule has 0 bridgehead atoms. The summed E-state index contributed by atoms with van der Waals surface area (Å²) in [4.78, 5) is 28.5. The lowest BCUT2D eigenvalue weighted by atomic mass is 9.71. The Hall–Kier alpha value is -2.46. The fourth-order valence-electron chi connectivity index (χ4n) is 4.58. The number of rotatable bonds is 4. The summed E-state index contributed by atoms with van der Waals surface area (Å²) in [6, 6.07) is 15.1. The molecule has 27 heavy (non-hydrogen) atoms. The van der Waals surface area contributed by atoms with Crippen LogP contribution < -0.4 is 4.74 Å². The van der Waals surface area contributed by atoms with Crippen LogP contribution in [0, 0.1) is 0 Å². The van der Waals surface area contributed by atoms with Crippen molar-refractivity contribution >= 4 is 11.6 Å². The monoisotopic (exact) mass is 363 g/mol. The first-order valence-corrected chi connectivity index (χ1v) is 9.69. The lowest BCUT2D eigenvalue weighted by Crippen LogP contribution is -2.60. The van der Waals surface area contributed by atoms with Crippen LogP contribution in [0.1, 0.15) is 52.0 Å². The smallest absolute Gasteiger partial charge is 0.183 e. The second kappa shape index (κ2) is 7.28. The van der Waals surface area contributed by atoms with Gasteiger partial charge in [0.25, 0.3) is 0 Å². The van der Waals surface area contributed by atoms with E-state index in [1.54, 1.807) is 7.11 Å². The highest BCUT2D eigenvalue weighted by molar-refractivity contribution is 6.06. The van der Waals surface area contributed by atoms with E-state index >= 15 is 0 Å². The molecule has 1 aliphatic heterocycles. The minimum Gasteiger partial charge on any atom is -0.497 e. The van der Waals surface area contributed by atoms with E-state index in [-0.39, 0.29) is 11.6 Å². The van der Waals surface area contributed by atoms with Gasteiger partial charge in [0.1, 0.15) is 5.75 Å². The van der Waals surface area contributed by atoms with Crippen LogP contribution in [-0.2, 0) is 6.42 Å². The van der Waals surface area contributed by atoms with Crippen LogP contribution in [0.2, 0.25) is 0 Å². The maximum Gasteiger partial charge on any atom is 0.183 e. The van der Waals surface area contributed by atoms with E-state index in [9.17, 15) is 9.59 Å². The van der Waals surface area contributed by atoms with Crippen molar-refractivity contribution in [1.82, 2.24) is 4.90 Å². The van der Waals surface area contributed by atoms with Gasteiger partial charge in [-0.05, 0) is 62.4 Å². The Balaban J connectivity index is 1.63. The van der Waals surface area contributed by atoms with Crippen LogP contribution in [0.5, 0.6) is 5.75 Å². The standard InChI is InChI=1S/C23H25NO3/c1-27-19-9-10-20-18(15-19)11-13-23(22(20)26)12-5-6-14-24(23)16-21(25)17-7-3-2-4-8-17/h2-4,7-10,15H,5-6,11-14,16H2,1H3. The Labute approximate surface area is 160 Å². The Bertz CT molecular complexity index is 861. The summed E-state index contributed by atoms with van der Waals surface area (Å²) in [5, 5.41) is 0.